The van der Waals surface area contributed by atoms with Crippen LogP contribution in [-0.2, 0) is 0 Å². The number of fused-ring (bicyclic) bond motifs is 1. The number of rotatable bonds is 2. The number of halogens is 1. The highest BCUT2D eigenvalue weighted by Crippen LogP contribution is 2.35. The van der Waals surface area contributed by atoms with Crippen molar-refractivity contribution in [3.8, 4) is 0 Å². The third kappa shape index (κ3) is 3.49. The summed E-state index contributed by atoms with van der Waals surface area (Å²) < 4.78 is 1.18. The zero-order chi connectivity index (χ0) is 18.3. The molecule has 26 heavy (non-hydrogen) atoms. The molecule has 0 atom stereocenters. The Morgan fingerprint density at radius 2 is 1.81 bits per heavy atom. The van der Waals surface area contributed by atoms with E-state index >= 15 is 0 Å². The number of nitrogens with zero attached hydrogens (tertiary/aromatic N) is 2. The average Bonchev–Trinajstić information content (AvgIpc) is 3.03. The molecule has 1 amide bonds. The van der Waals surface area contributed by atoms with Gasteiger partial charge in [-0.05, 0) is 57.0 Å². The Kier molecular flexibility index (Phi) is 4.72. The van der Waals surface area contributed by atoms with Crippen LogP contribution in [0.2, 0.25) is 5.02 Å². The van der Waals surface area contributed by atoms with Crippen LogP contribution < -0.4 is 0 Å². The fraction of sp³-hybridized carbons (Fsp3) is 0.333. The SMILES string of the molecule is Cc1cc(C)cc(C(=O)N2CCC(c3nc4cc(Cl)ccc4s3)CC2)c1. The molecule has 0 radical (unpaired) electrons. The van der Waals surface area contributed by atoms with Gasteiger partial charge in [0.2, 0.25) is 0 Å². The summed E-state index contributed by atoms with van der Waals surface area (Å²) in [7, 11) is 0. The van der Waals surface area contributed by atoms with Gasteiger partial charge in [-0.1, -0.05) is 28.8 Å². The van der Waals surface area contributed by atoms with Gasteiger partial charge in [0.05, 0.1) is 15.2 Å². The Labute approximate surface area is 162 Å². The van der Waals surface area contributed by atoms with Crippen LogP contribution in [0.4, 0.5) is 0 Å². The first kappa shape index (κ1) is 17.5. The zero-order valence-corrected chi connectivity index (χ0v) is 16.5. The number of aromatic nitrogens is 1. The third-order valence-electron chi connectivity index (χ3n) is 4.97. The highest BCUT2D eigenvalue weighted by atomic mass is 35.5. The molecular weight excluding hydrogens is 364 g/mol. The minimum Gasteiger partial charge on any atom is -0.339 e. The number of hydrogen-bond acceptors (Lipinski definition) is 3. The minimum atomic E-state index is 0.145. The van der Waals surface area contributed by atoms with E-state index in [0.717, 1.165) is 53.2 Å². The number of piperidine rings is 1. The first-order valence-corrected chi connectivity index (χ1v) is 10.1. The Bertz CT molecular complexity index is 953. The van der Waals surface area contributed by atoms with E-state index in [-0.39, 0.29) is 5.91 Å². The molecule has 3 aromatic rings. The first-order valence-electron chi connectivity index (χ1n) is 8.93. The maximum absolute atomic E-state index is 12.8. The summed E-state index contributed by atoms with van der Waals surface area (Å²) in [6, 6.07) is 11.9. The van der Waals surface area contributed by atoms with Gasteiger partial charge in [0, 0.05) is 29.6 Å². The lowest BCUT2D eigenvalue weighted by molar-refractivity contribution is 0.0713. The Balaban J connectivity index is 1.47. The number of aryl methyl sites for hydroxylation is 2. The lowest BCUT2D eigenvalue weighted by Crippen LogP contribution is -2.38. The zero-order valence-electron chi connectivity index (χ0n) is 15.0. The van der Waals surface area contributed by atoms with Gasteiger partial charge < -0.3 is 4.90 Å². The molecule has 0 aliphatic carbocycles. The van der Waals surface area contributed by atoms with Crippen LogP contribution in [-0.4, -0.2) is 28.9 Å². The van der Waals surface area contributed by atoms with Crippen LogP contribution in [0.1, 0.15) is 45.3 Å². The molecule has 3 nitrogen and oxygen atoms in total. The molecular formula is C21H21ClN2OS. The van der Waals surface area contributed by atoms with E-state index in [0.29, 0.717) is 5.92 Å². The first-order chi connectivity index (χ1) is 12.5. The summed E-state index contributed by atoms with van der Waals surface area (Å²) in [6.07, 6.45) is 1.92. The molecule has 1 aliphatic heterocycles. The summed E-state index contributed by atoms with van der Waals surface area (Å²) in [5.74, 6) is 0.570. The second-order valence-corrected chi connectivity index (χ2v) is 8.61. The molecule has 0 saturated carbocycles. The van der Waals surface area contributed by atoms with Crippen molar-refractivity contribution in [1.29, 1.82) is 0 Å². The van der Waals surface area contributed by atoms with E-state index in [4.69, 9.17) is 16.6 Å². The van der Waals surface area contributed by atoms with Crippen molar-refractivity contribution in [1.82, 2.24) is 9.88 Å². The van der Waals surface area contributed by atoms with Crippen molar-refractivity contribution in [3.63, 3.8) is 0 Å². The molecule has 0 N–H and O–H groups in total. The average molecular weight is 385 g/mol. The molecule has 4 rings (SSSR count). The summed E-state index contributed by atoms with van der Waals surface area (Å²) >= 11 is 7.82. The van der Waals surface area contributed by atoms with Crippen molar-refractivity contribution in [2.45, 2.75) is 32.6 Å². The lowest BCUT2D eigenvalue weighted by Gasteiger charge is -2.31. The molecule has 134 valence electrons. The second kappa shape index (κ2) is 7.01. The van der Waals surface area contributed by atoms with Gasteiger partial charge in [-0.15, -0.1) is 11.3 Å². The molecule has 1 saturated heterocycles. The monoisotopic (exact) mass is 384 g/mol. The number of thiazole rings is 1. The van der Waals surface area contributed by atoms with Gasteiger partial charge in [-0.2, -0.15) is 0 Å². The summed E-state index contributed by atoms with van der Waals surface area (Å²) in [6.45, 7) is 5.64. The predicted molar refractivity (Wildman–Crippen MR) is 108 cm³/mol. The second-order valence-electron chi connectivity index (χ2n) is 7.11. The van der Waals surface area contributed by atoms with E-state index in [2.05, 4.69) is 6.07 Å². The summed E-state index contributed by atoms with van der Waals surface area (Å²) in [5.41, 5.74) is 4.05. The number of benzene rings is 2. The standard InChI is InChI=1S/C21H21ClN2OS/c1-13-9-14(2)11-16(10-13)21(25)24-7-5-15(6-8-24)20-23-18-12-17(22)3-4-19(18)26-20/h3-4,9-12,15H,5-8H2,1-2H3. The molecule has 1 aliphatic rings. The molecule has 5 heteroatoms. The van der Waals surface area contributed by atoms with E-state index in [1.165, 1.54) is 9.71 Å². The van der Waals surface area contributed by atoms with Gasteiger partial charge in [0.15, 0.2) is 0 Å². The summed E-state index contributed by atoms with van der Waals surface area (Å²) in [5, 5.41) is 1.89. The topological polar surface area (TPSA) is 33.2 Å². The largest absolute Gasteiger partial charge is 0.339 e. The molecule has 0 spiro atoms. The van der Waals surface area contributed by atoms with Gasteiger partial charge in [0.25, 0.3) is 5.91 Å². The number of hydrogen-bond donors (Lipinski definition) is 0. The van der Waals surface area contributed by atoms with Crippen molar-refractivity contribution in [2.75, 3.05) is 13.1 Å². The molecule has 2 aromatic carbocycles. The fourth-order valence-corrected chi connectivity index (χ4v) is 4.99. The minimum absolute atomic E-state index is 0.145. The summed E-state index contributed by atoms with van der Waals surface area (Å²) in [4.78, 5) is 19.6. The Morgan fingerprint density at radius 1 is 1.12 bits per heavy atom. The lowest BCUT2D eigenvalue weighted by atomic mass is 9.96. The van der Waals surface area contributed by atoms with Gasteiger partial charge in [0.1, 0.15) is 0 Å². The fourth-order valence-electron chi connectivity index (χ4n) is 3.70. The molecule has 1 fully saturated rings. The molecule has 1 aromatic heterocycles. The maximum atomic E-state index is 12.8. The van der Waals surface area contributed by atoms with Crippen molar-refractivity contribution >= 4 is 39.1 Å². The highest BCUT2D eigenvalue weighted by molar-refractivity contribution is 7.18. The van der Waals surface area contributed by atoms with E-state index in [9.17, 15) is 4.79 Å². The Hall–Kier alpha value is -1.91. The maximum Gasteiger partial charge on any atom is 0.253 e. The third-order valence-corrected chi connectivity index (χ3v) is 6.40. The highest BCUT2D eigenvalue weighted by Gasteiger charge is 2.26. The van der Waals surface area contributed by atoms with Crippen LogP contribution in [0.3, 0.4) is 0 Å². The quantitative estimate of drug-likeness (QED) is 0.577. The van der Waals surface area contributed by atoms with Crippen LogP contribution in [0.25, 0.3) is 10.2 Å². The van der Waals surface area contributed by atoms with Crippen LogP contribution in [0.5, 0.6) is 0 Å². The van der Waals surface area contributed by atoms with Crippen LogP contribution in [0, 0.1) is 13.8 Å². The predicted octanol–water partition coefficient (Wildman–Crippen LogP) is 5.59. The number of likely N-dealkylation sites (tertiary alicyclic amines) is 1. The van der Waals surface area contributed by atoms with Crippen LogP contribution >= 0.6 is 22.9 Å². The number of amides is 1. The van der Waals surface area contributed by atoms with E-state index in [1.807, 2.05) is 49.1 Å². The van der Waals surface area contributed by atoms with Gasteiger partial charge >= 0.3 is 0 Å². The number of carbonyl (C=O) groups is 1. The molecule has 2 heterocycles. The van der Waals surface area contributed by atoms with Crippen molar-refractivity contribution < 1.29 is 4.79 Å². The van der Waals surface area contributed by atoms with Crippen LogP contribution in [0.15, 0.2) is 36.4 Å². The van der Waals surface area contributed by atoms with Gasteiger partial charge in [-0.25, -0.2) is 4.98 Å². The molecule has 0 unspecified atom stereocenters. The Morgan fingerprint density at radius 3 is 2.50 bits per heavy atom. The van der Waals surface area contributed by atoms with Crippen molar-refractivity contribution in [3.05, 3.63) is 63.1 Å². The number of carbonyl (C=O) groups excluding carboxylic acids is 1. The molecule has 0 bridgehead atoms. The van der Waals surface area contributed by atoms with E-state index < -0.39 is 0 Å². The smallest absolute Gasteiger partial charge is 0.253 e. The normalized spacial score (nSPS) is 15.6. The van der Waals surface area contributed by atoms with Gasteiger partial charge in [-0.3, -0.25) is 4.79 Å². The van der Waals surface area contributed by atoms with E-state index in [1.54, 1.807) is 11.3 Å². The van der Waals surface area contributed by atoms with Crippen molar-refractivity contribution in [2.24, 2.45) is 0 Å².